The van der Waals surface area contributed by atoms with E-state index in [4.69, 9.17) is 23.2 Å². The molecule has 0 radical (unpaired) electrons. The van der Waals surface area contributed by atoms with Gasteiger partial charge < -0.3 is 40.9 Å². The lowest BCUT2D eigenvalue weighted by Gasteiger charge is -2.33. The van der Waals surface area contributed by atoms with Gasteiger partial charge in [0.2, 0.25) is 0 Å². The molecule has 0 saturated carbocycles. The highest BCUT2D eigenvalue weighted by atomic mass is 35.5. The van der Waals surface area contributed by atoms with E-state index in [0.29, 0.717) is 23.4 Å². The van der Waals surface area contributed by atoms with Crippen molar-refractivity contribution in [1.29, 1.82) is 0 Å². The van der Waals surface area contributed by atoms with Crippen molar-refractivity contribution in [3.63, 3.8) is 0 Å². The number of benzene rings is 7. The Morgan fingerprint density at radius 2 is 1.05 bits per heavy atom. The number of aliphatic hydroxyl groups excluding tert-OH is 2. The number of halogens is 11. The van der Waals surface area contributed by atoms with Crippen LogP contribution in [0.15, 0.2) is 146 Å². The summed E-state index contributed by atoms with van der Waals surface area (Å²) in [6.07, 6.45) is -5.08. The van der Waals surface area contributed by atoms with Crippen LogP contribution in [0, 0.1) is 17.5 Å². The topological polar surface area (TPSA) is 180 Å². The van der Waals surface area contributed by atoms with Gasteiger partial charge >= 0.3 is 0 Å². The zero-order valence-electron chi connectivity index (χ0n) is 41.2. The summed E-state index contributed by atoms with van der Waals surface area (Å²) in [4.78, 5) is 54.3. The van der Waals surface area contributed by atoms with Crippen LogP contribution in [0.5, 0.6) is 0 Å². The second kappa shape index (κ2) is 23.1. The van der Waals surface area contributed by atoms with E-state index in [0.717, 1.165) is 57.8 Å². The second-order valence-corrected chi connectivity index (χ2v) is 19.3. The lowest BCUT2D eigenvalue weighted by molar-refractivity contribution is -0.205. The predicted molar refractivity (Wildman–Crippen MR) is 279 cm³/mol. The molecule has 0 aliphatic carbocycles. The minimum atomic E-state index is -3.87. The van der Waals surface area contributed by atoms with Crippen LogP contribution in [0.2, 0.25) is 10.0 Å². The molecule has 80 heavy (non-hydrogen) atoms. The number of anilines is 4. The van der Waals surface area contributed by atoms with Gasteiger partial charge in [-0.05, 0) is 120 Å². The van der Waals surface area contributed by atoms with Gasteiger partial charge in [-0.3, -0.25) is 19.2 Å². The largest absolute Gasteiger partial charge is 0.393 e. The maximum Gasteiger partial charge on any atom is 0.284 e. The summed E-state index contributed by atoms with van der Waals surface area (Å²) >= 11 is 11.9. The maximum absolute atomic E-state index is 15.0. The van der Waals surface area contributed by atoms with Crippen LogP contribution >= 0.6 is 23.2 Å². The SMILES string of the molecule is O=C(Nc1ccc(C(=O)N2CCC(F)(F)[C@](O)(CO)c3cc(Cl)ccc32)cc1)c1cc(F)ccc1-c1ccccc1.O=C(Nc1ccc(C(=O)N2CCC(F)(F)[C@](O)(CO)c3cc(Cl)ccc32)cc1F)c1cc(F)ccc1C(F)F. The van der Waals surface area contributed by atoms with Crippen LogP contribution in [0.3, 0.4) is 0 Å². The average Bonchev–Trinajstić information content (AvgIpc) is 3.58. The Balaban J connectivity index is 0.000000211. The Morgan fingerprint density at radius 1 is 0.562 bits per heavy atom. The standard InChI is InChI=1S/C31H24ClF3N2O4.C26H19ClF6N2O4/c32-21-8-13-27-26(16-21)30(41,18-38)31(34,35)14-15-37(27)29(40)20-6-10-23(11-7-20)36-28(39)25-17-22(33)9-12-24(25)19-4-2-1-3-5-19;27-14-2-6-21-18(10-14)25(39,12-36)26(32,33)7-8-35(21)24(38)13-1-5-20(19(29)9-13)34-23(37)17-11-15(28)3-4-16(17)22(30)31/h1-13,16-17,38,41H,14-15,18H2,(H,36,39);1-6,9-11,22,36,39H,7-8,12H2,(H,34,37)/t30-;25-/m00/s1. The number of carbonyl (C=O) groups is 4. The van der Waals surface area contributed by atoms with Crippen LogP contribution < -0.4 is 20.4 Å². The molecule has 416 valence electrons. The van der Waals surface area contributed by atoms with Crippen LogP contribution in [0.1, 0.15) is 77.4 Å². The summed E-state index contributed by atoms with van der Waals surface area (Å²) in [6, 6.07) is 30.8. The van der Waals surface area contributed by atoms with E-state index in [2.05, 4.69) is 5.32 Å². The number of hydrogen-bond donors (Lipinski definition) is 6. The summed E-state index contributed by atoms with van der Waals surface area (Å²) in [6.45, 7) is -3.72. The van der Waals surface area contributed by atoms with Crippen LogP contribution in [-0.4, -0.2) is 82.2 Å². The zero-order valence-corrected chi connectivity index (χ0v) is 42.7. The summed E-state index contributed by atoms with van der Waals surface area (Å²) < 4.78 is 129. The first-order valence-electron chi connectivity index (χ1n) is 23.9. The Kier molecular flexibility index (Phi) is 16.9. The molecule has 0 spiro atoms. The molecule has 2 aliphatic rings. The Labute approximate surface area is 459 Å². The highest BCUT2D eigenvalue weighted by molar-refractivity contribution is 6.31. The van der Waals surface area contributed by atoms with Gasteiger partial charge in [0.15, 0.2) is 11.2 Å². The number of amides is 4. The first-order chi connectivity index (χ1) is 37.8. The minimum absolute atomic E-state index is 0.00921. The third-order valence-electron chi connectivity index (χ3n) is 13.5. The molecule has 0 saturated heterocycles. The third kappa shape index (κ3) is 11.5. The normalized spacial score (nSPS) is 18.1. The van der Waals surface area contributed by atoms with E-state index < -0.39 is 132 Å². The number of carbonyl (C=O) groups excluding carboxylic acids is 4. The van der Waals surface area contributed by atoms with Gasteiger partial charge in [0.1, 0.15) is 17.5 Å². The molecule has 0 aromatic heterocycles. The molecular weight excluding hydrogens is 1110 g/mol. The van der Waals surface area contributed by atoms with Gasteiger partial charge in [0, 0.05) is 69.5 Å². The van der Waals surface area contributed by atoms with Crippen molar-refractivity contribution in [1.82, 2.24) is 0 Å². The molecule has 12 nitrogen and oxygen atoms in total. The zero-order chi connectivity index (χ0) is 58.1. The fourth-order valence-corrected chi connectivity index (χ4v) is 9.51. The van der Waals surface area contributed by atoms with E-state index in [-0.39, 0.29) is 43.7 Å². The molecule has 6 N–H and O–H groups in total. The third-order valence-corrected chi connectivity index (χ3v) is 14.0. The molecule has 0 fully saturated rings. The quantitative estimate of drug-likeness (QED) is 0.0732. The van der Waals surface area contributed by atoms with E-state index in [9.17, 15) is 79.1 Å². The molecule has 0 unspecified atom stereocenters. The van der Waals surface area contributed by atoms with Gasteiger partial charge in [0.25, 0.3) is 41.9 Å². The number of fused-ring (bicyclic) bond motifs is 2. The number of aliphatic hydroxyl groups is 4. The number of nitrogens with zero attached hydrogens (tertiary/aromatic N) is 2. The number of nitrogens with one attached hydrogen (secondary N) is 2. The van der Waals surface area contributed by atoms with Gasteiger partial charge in [-0.2, -0.15) is 0 Å². The minimum Gasteiger partial charge on any atom is -0.393 e. The molecule has 7 aromatic carbocycles. The maximum atomic E-state index is 15.0. The van der Waals surface area contributed by atoms with Crippen LogP contribution in [-0.2, 0) is 11.2 Å². The lowest BCUT2D eigenvalue weighted by atomic mass is 9.86. The molecule has 7 aromatic rings. The molecule has 2 atom stereocenters. The first kappa shape index (κ1) is 58.4. The van der Waals surface area contributed by atoms with E-state index in [1.165, 1.54) is 60.7 Å². The molecule has 4 amide bonds. The number of rotatable bonds is 10. The fourth-order valence-electron chi connectivity index (χ4n) is 9.16. The highest BCUT2D eigenvalue weighted by Gasteiger charge is 2.58. The molecule has 23 heteroatoms. The summed E-state index contributed by atoms with van der Waals surface area (Å²) in [5.74, 6) is -13.7. The monoisotopic (exact) mass is 1150 g/mol. The summed E-state index contributed by atoms with van der Waals surface area (Å²) in [5.41, 5.74) is -7.61. The highest BCUT2D eigenvalue weighted by Crippen LogP contribution is 2.49. The van der Waals surface area contributed by atoms with Crippen molar-refractivity contribution >= 4 is 69.6 Å². The fraction of sp³-hybridized carbons (Fsp3) is 0.193. The van der Waals surface area contributed by atoms with Crippen LogP contribution in [0.25, 0.3) is 11.1 Å². The molecule has 0 bridgehead atoms. The first-order valence-corrected chi connectivity index (χ1v) is 24.7. The van der Waals surface area contributed by atoms with Gasteiger partial charge in [-0.25, -0.2) is 39.5 Å². The Bertz CT molecular complexity index is 3530. The molecular formula is C57H43Cl2F9N4O8. The van der Waals surface area contributed by atoms with Crippen LogP contribution in [0.4, 0.5) is 62.3 Å². The lowest BCUT2D eigenvalue weighted by Crippen LogP contribution is -2.48. The van der Waals surface area contributed by atoms with E-state index in [1.54, 1.807) is 24.3 Å². The predicted octanol–water partition coefficient (Wildman–Crippen LogP) is 11.9. The van der Waals surface area contributed by atoms with E-state index in [1.807, 2.05) is 11.4 Å². The van der Waals surface area contributed by atoms with Crippen molar-refractivity contribution in [3.8, 4) is 11.1 Å². The average molecular weight is 1150 g/mol. The van der Waals surface area contributed by atoms with E-state index >= 15 is 0 Å². The number of hydrogen-bond acceptors (Lipinski definition) is 8. The van der Waals surface area contributed by atoms with Crippen molar-refractivity contribution in [2.75, 3.05) is 46.7 Å². The van der Waals surface area contributed by atoms with Crippen molar-refractivity contribution < 1.29 is 79.1 Å². The number of alkyl halides is 6. The van der Waals surface area contributed by atoms with Crippen molar-refractivity contribution in [2.24, 2.45) is 0 Å². The second-order valence-electron chi connectivity index (χ2n) is 18.5. The molecule has 2 aliphatic heterocycles. The summed E-state index contributed by atoms with van der Waals surface area (Å²) in [7, 11) is 0. The Morgan fingerprint density at radius 3 is 1.56 bits per heavy atom. The molecule has 9 rings (SSSR count). The van der Waals surface area contributed by atoms with Gasteiger partial charge in [0.05, 0.1) is 41.4 Å². The summed E-state index contributed by atoms with van der Waals surface area (Å²) in [5, 5.41) is 45.6. The molecule has 2 heterocycles. The van der Waals surface area contributed by atoms with Gasteiger partial charge in [-0.1, -0.05) is 59.6 Å². The smallest absolute Gasteiger partial charge is 0.284 e. The van der Waals surface area contributed by atoms with Crippen molar-refractivity contribution in [3.05, 3.63) is 212 Å². The van der Waals surface area contributed by atoms with Crippen molar-refractivity contribution in [2.45, 2.75) is 42.3 Å². The van der Waals surface area contributed by atoms with Gasteiger partial charge in [-0.15, -0.1) is 0 Å². The Hall–Kier alpha value is -7.79.